The van der Waals surface area contributed by atoms with Crippen LogP contribution >= 0.6 is 0 Å². The van der Waals surface area contributed by atoms with E-state index in [0.29, 0.717) is 34.7 Å². The van der Waals surface area contributed by atoms with Gasteiger partial charge in [0.2, 0.25) is 0 Å². The molecule has 10 nitrogen and oxygen atoms in total. The van der Waals surface area contributed by atoms with E-state index in [9.17, 15) is 9.59 Å². The highest BCUT2D eigenvalue weighted by Gasteiger charge is 2.31. The molecule has 4 aromatic heterocycles. The molecule has 1 aliphatic heterocycles. The summed E-state index contributed by atoms with van der Waals surface area (Å²) in [5, 5.41) is 10.9. The molecule has 0 radical (unpaired) electrons. The van der Waals surface area contributed by atoms with E-state index in [1.807, 2.05) is 19.3 Å². The molecule has 0 aliphatic carbocycles. The first kappa shape index (κ1) is 24.6. The molecule has 5 rings (SSSR count). The number of nitrogens with one attached hydrogen (secondary N) is 3. The van der Waals surface area contributed by atoms with Crippen LogP contribution in [0.2, 0.25) is 0 Å². The van der Waals surface area contributed by atoms with Gasteiger partial charge in [-0.15, -0.1) is 0 Å². The van der Waals surface area contributed by atoms with Crippen LogP contribution in [-0.2, 0) is 7.05 Å². The fraction of sp³-hybridized carbons (Fsp3) is 0.370. The van der Waals surface area contributed by atoms with E-state index in [0.717, 1.165) is 29.7 Å². The number of carbonyl (C=O) groups is 2. The highest BCUT2D eigenvalue weighted by molar-refractivity contribution is 6.06. The van der Waals surface area contributed by atoms with Crippen molar-refractivity contribution < 1.29 is 9.59 Å². The highest BCUT2D eigenvalue weighted by atomic mass is 16.2. The van der Waals surface area contributed by atoms with E-state index in [-0.39, 0.29) is 17.4 Å². The van der Waals surface area contributed by atoms with E-state index < -0.39 is 0 Å². The fourth-order valence-corrected chi connectivity index (χ4v) is 4.82. The van der Waals surface area contributed by atoms with Gasteiger partial charge in [-0.2, -0.15) is 5.10 Å². The fourth-order valence-electron chi connectivity index (χ4n) is 4.82. The maximum absolute atomic E-state index is 13.0. The number of aryl methyl sites for hydroxylation is 2. The molecule has 3 N–H and O–H groups in total. The van der Waals surface area contributed by atoms with Gasteiger partial charge in [0.1, 0.15) is 5.65 Å². The Morgan fingerprint density at radius 3 is 2.59 bits per heavy atom. The number of hydrogen-bond donors (Lipinski definition) is 3. The van der Waals surface area contributed by atoms with Crippen LogP contribution in [0.25, 0.3) is 22.3 Å². The van der Waals surface area contributed by atoms with E-state index in [1.54, 1.807) is 29.9 Å². The lowest BCUT2D eigenvalue weighted by atomic mass is 10.0. The van der Waals surface area contributed by atoms with Crippen molar-refractivity contribution in [3.63, 3.8) is 0 Å². The zero-order valence-electron chi connectivity index (χ0n) is 21.6. The second kappa shape index (κ2) is 9.78. The van der Waals surface area contributed by atoms with Gasteiger partial charge in [-0.05, 0) is 58.4 Å². The maximum atomic E-state index is 13.0. The minimum absolute atomic E-state index is 0.173. The van der Waals surface area contributed by atoms with Gasteiger partial charge in [0.05, 0.1) is 34.4 Å². The van der Waals surface area contributed by atoms with Crippen molar-refractivity contribution in [2.24, 2.45) is 7.05 Å². The summed E-state index contributed by atoms with van der Waals surface area (Å²) in [4.78, 5) is 40.2. The molecule has 5 heterocycles. The van der Waals surface area contributed by atoms with E-state index in [1.165, 1.54) is 25.2 Å². The summed E-state index contributed by atoms with van der Waals surface area (Å²) < 4.78 is 1.73. The van der Waals surface area contributed by atoms with Crippen molar-refractivity contribution in [1.29, 1.82) is 0 Å². The summed E-state index contributed by atoms with van der Waals surface area (Å²) in [5.41, 5.74) is 4.60. The maximum Gasteiger partial charge on any atom is 0.257 e. The van der Waals surface area contributed by atoms with Gasteiger partial charge >= 0.3 is 0 Å². The number of anilines is 1. The summed E-state index contributed by atoms with van der Waals surface area (Å²) in [6, 6.07) is 5.39. The van der Waals surface area contributed by atoms with Crippen LogP contribution in [0.1, 0.15) is 53.1 Å². The SMILES string of the molecule is Cc1ncc(C(=O)NCCN2CCCC2(C)C)cc1NC(=O)c1cnc2[nH]c(-c3cnn(C)c3)cc2c1. The quantitative estimate of drug-likeness (QED) is 0.357. The predicted octanol–water partition coefficient (Wildman–Crippen LogP) is 3.52. The molecule has 0 atom stereocenters. The van der Waals surface area contributed by atoms with Gasteiger partial charge in [-0.1, -0.05) is 0 Å². The van der Waals surface area contributed by atoms with Crippen molar-refractivity contribution in [2.75, 3.05) is 25.0 Å². The number of H-pyrrole nitrogens is 1. The molecule has 0 bridgehead atoms. The number of aromatic nitrogens is 5. The van der Waals surface area contributed by atoms with Crippen LogP contribution in [0.4, 0.5) is 5.69 Å². The molecule has 0 aromatic carbocycles. The molecular weight excluding hydrogens is 468 g/mol. The van der Waals surface area contributed by atoms with Crippen molar-refractivity contribution in [3.8, 4) is 11.3 Å². The van der Waals surface area contributed by atoms with Crippen molar-refractivity contribution in [1.82, 2.24) is 34.9 Å². The Morgan fingerprint density at radius 2 is 1.86 bits per heavy atom. The average molecular weight is 501 g/mol. The summed E-state index contributed by atoms with van der Waals surface area (Å²) in [7, 11) is 1.86. The van der Waals surface area contributed by atoms with E-state index in [2.05, 4.69) is 49.4 Å². The van der Waals surface area contributed by atoms with Crippen LogP contribution in [-0.4, -0.2) is 66.6 Å². The smallest absolute Gasteiger partial charge is 0.257 e. The third-order valence-corrected chi connectivity index (χ3v) is 7.09. The predicted molar refractivity (Wildman–Crippen MR) is 142 cm³/mol. The van der Waals surface area contributed by atoms with Gasteiger partial charge in [-0.25, -0.2) is 4.98 Å². The van der Waals surface area contributed by atoms with Crippen LogP contribution < -0.4 is 10.6 Å². The number of aromatic amines is 1. The molecule has 2 amide bonds. The lowest BCUT2D eigenvalue weighted by Crippen LogP contribution is -2.43. The molecule has 4 aromatic rings. The van der Waals surface area contributed by atoms with Gasteiger partial charge < -0.3 is 15.6 Å². The number of pyridine rings is 2. The third kappa shape index (κ3) is 5.24. The Balaban J connectivity index is 1.25. The second-order valence-electron chi connectivity index (χ2n) is 10.2. The van der Waals surface area contributed by atoms with Crippen molar-refractivity contribution in [3.05, 3.63) is 59.8 Å². The molecule has 192 valence electrons. The van der Waals surface area contributed by atoms with Crippen LogP contribution in [0, 0.1) is 6.92 Å². The van der Waals surface area contributed by atoms with Crippen LogP contribution in [0.3, 0.4) is 0 Å². The molecule has 1 saturated heterocycles. The Morgan fingerprint density at radius 1 is 1.08 bits per heavy atom. The summed E-state index contributed by atoms with van der Waals surface area (Å²) in [6.07, 6.45) is 9.09. The Hall–Kier alpha value is -4.05. The van der Waals surface area contributed by atoms with E-state index >= 15 is 0 Å². The normalized spacial score (nSPS) is 15.2. The first-order valence-electron chi connectivity index (χ1n) is 12.5. The van der Waals surface area contributed by atoms with Gasteiger partial charge in [0.15, 0.2) is 0 Å². The summed E-state index contributed by atoms with van der Waals surface area (Å²) >= 11 is 0. The highest BCUT2D eigenvalue weighted by Crippen LogP contribution is 2.27. The van der Waals surface area contributed by atoms with Crippen LogP contribution in [0.5, 0.6) is 0 Å². The number of likely N-dealkylation sites (tertiary alicyclic amines) is 1. The lowest BCUT2D eigenvalue weighted by molar-refractivity contribution is 0.0938. The first-order valence-corrected chi connectivity index (χ1v) is 12.5. The molecule has 10 heteroatoms. The molecule has 37 heavy (non-hydrogen) atoms. The van der Waals surface area contributed by atoms with Gasteiger partial charge in [-0.3, -0.25) is 24.2 Å². The average Bonchev–Trinajstić information content (AvgIpc) is 3.57. The lowest BCUT2D eigenvalue weighted by Gasteiger charge is -2.31. The second-order valence-corrected chi connectivity index (χ2v) is 10.2. The number of amides is 2. The zero-order valence-corrected chi connectivity index (χ0v) is 21.6. The van der Waals surface area contributed by atoms with Crippen LogP contribution in [0.15, 0.2) is 43.0 Å². The monoisotopic (exact) mass is 500 g/mol. The van der Waals surface area contributed by atoms with Gasteiger partial charge in [0.25, 0.3) is 11.8 Å². The Labute approximate surface area is 215 Å². The van der Waals surface area contributed by atoms with Crippen molar-refractivity contribution in [2.45, 2.75) is 39.2 Å². The largest absolute Gasteiger partial charge is 0.351 e. The summed E-state index contributed by atoms with van der Waals surface area (Å²) in [6.45, 7) is 8.69. The minimum atomic E-state index is -0.322. The number of rotatable bonds is 7. The first-order chi connectivity index (χ1) is 17.7. The minimum Gasteiger partial charge on any atom is -0.351 e. The number of hydrogen-bond acceptors (Lipinski definition) is 6. The molecule has 0 spiro atoms. The van der Waals surface area contributed by atoms with Gasteiger partial charge in [0, 0.05) is 55.2 Å². The molecule has 1 fully saturated rings. The van der Waals surface area contributed by atoms with E-state index in [4.69, 9.17) is 0 Å². The number of fused-ring (bicyclic) bond motifs is 1. The Kier molecular flexibility index (Phi) is 6.51. The molecule has 0 saturated carbocycles. The zero-order chi connectivity index (χ0) is 26.2. The number of carbonyl (C=O) groups excluding carboxylic acids is 2. The summed E-state index contributed by atoms with van der Waals surface area (Å²) in [5.74, 6) is -0.532. The standard InChI is InChI=1S/C27H32N8O2/c1-17-22(12-20(13-29-17)25(36)28-7-9-35-8-5-6-27(35,2)3)33-26(37)19-10-18-11-23(32-24(18)30-14-19)21-15-31-34(4)16-21/h10-16H,5-9H2,1-4H3,(H,28,36)(H,30,32)(H,33,37). The molecule has 1 aliphatic rings. The molecule has 0 unspecified atom stereocenters. The Bertz CT molecular complexity index is 1470. The van der Waals surface area contributed by atoms with Crippen molar-refractivity contribution >= 4 is 28.5 Å². The number of nitrogens with zero attached hydrogens (tertiary/aromatic N) is 5. The third-order valence-electron chi connectivity index (χ3n) is 7.09. The topological polar surface area (TPSA) is 121 Å². The molecular formula is C27H32N8O2.